The molecular weight excluding hydrogens is 226 g/mol. The van der Waals surface area contributed by atoms with E-state index in [-0.39, 0.29) is 0 Å². The van der Waals surface area contributed by atoms with Crippen LogP contribution in [0.25, 0.3) is 0 Å². The Morgan fingerprint density at radius 2 is 1.47 bits per heavy atom. The summed E-state index contributed by atoms with van der Waals surface area (Å²) < 4.78 is 15.7. The molecule has 0 unspecified atom stereocenters. The van der Waals surface area contributed by atoms with Gasteiger partial charge in [0.05, 0.1) is 10.4 Å². The third kappa shape index (κ3) is 9.22. The zero-order chi connectivity index (χ0) is 12.2. The van der Waals surface area contributed by atoms with E-state index in [2.05, 4.69) is 18.8 Å². The first-order valence-electron chi connectivity index (χ1n) is 5.46. The highest BCUT2D eigenvalue weighted by Gasteiger charge is 2.36. The Kier molecular flexibility index (Phi) is 14.5. The van der Waals surface area contributed by atoms with Crippen LogP contribution in [0.2, 0.25) is 6.04 Å². The van der Waals surface area contributed by atoms with Crippen molar-refractivity contribution in [1.82, 2.24) is 4.98 Å². The molecule has 0 aliphatic rings. The summed E-state index contributed by atoms with van der Waals surface area (Å²) in [5.41, 5.74) is 0. The maximum Gasteiger partial charge on any atom is 0.500 e. The highest BCUT2D eigenvalue weighted by Crippen LogP contribution is 2.15. The first-order valence-corrected chi connectivity index (χ1v) is 8.39. The molecule has 0 rings (SSSR count). The van der Waals surface area contributed by atoms with Gasteiger partial charge in [-0.05, 0) is 13.0 Å². The lowest BCUT2D eigenvalue weighted by Crippen LogP contribution is -2.42. The number of hydrogen-bond donors (Lipinski definition) is 1. The van der Waals surface area contributed by atoms with Crippen molar-refractivity contribution in [2.75, 3.05) is 27.9 Å². The third-order valence-electron chi connectivity index (χ3n) is 2.12. The number of hydrogen-bond acceptors (Lipinski definition) is 4. The van der Waals surface area contributed by atoms with Crippen LogP contribution in [0.4, 0.5) is 0 Å². The molecule has 0 heterocycles. The molecule has 0 aromatic carbocycles. The van der Waals surface area contributed by atoms with Gasteiger partial charge in [-0.2, -0.15) is 0 Å². The Morgan fingerprint density at radius 1 is 1.07 bits per heavy atom. The minimum atomic E-state index is -2.24. The van der Waals surface area contributed by atoms with Gasteiger partial charge >= 0.3 is 8.80 Å². The molecule has 94 valence electrons. The zero-order valence-electron chi connectivity index (χ0n) is 11.1. The Bertz CT molecular complexity index is 114. The van der Waals surface area contributed by atoms with Gasteiger partial charge in [-0.25, -0.2) is 0 Å². The molecule has 0 amide bonds. The van der Waals surface area contributed by atoms with E-state index in [1.807, 2.05) is 0 Å². The molecule has 0 aromatic rings. The highest BCUT2D eigenvalue weighted by atomic mass is 28.4. The summed E-state index contributed by atoms with van der Waals surface area (Å²) in [5, 5.41) is 0. The van der Waals surface area contributed by atoms with Crippen LogP contribution in [0.3, 0.4) is 0 Å². The average Bonchev–Trinajstić information content (AvgIpc) is 2.32. The van der Waals surface area contributed by atoms with Crippen LogP contribution in [0.1, 0.15) is 26.7 Å². The fourth-order valence-electron chi connectivity index (χ4n) is 0.949. The van der Waals surface area contributed by atoms with Crippen LogP contribution in [0, 0.1) is 0 Å². The monoisotopic (exact) mass is 253 g/mol. The predicted molar refractivity (Wildman–Crippen MR) is 70.1 cm³/mol. The standard InChI is InChI=1S/C7H18O3Si.C2H9NSi/c1-5-6-7-11(8-2,9-3)10-4;1-2-3-4/h5-7H2,1-4H3;3H,2H2,1,4H3. The molecule has 6 heteroatoms. The Hall–Kier alpha value is 0.274. The molecule has 0 fully saturated rings. The first kappa shape index (κ1) is 17.7. The second kappa shape index (κ2) is 12.3. The molecule has 0 atom stereocenters. The van der Waals surface area contributed by atoms with E-state index in [1.165, 1.54) is 0 Å². The summed E-state index contributed by atoms with van der Waals surface area (Å²) in [6, 6.07) is 0.910. The van der Waals surface area contributed by atoms with Gasteiger partial charge in [0.1, 0.15) is 0 Å². The van der Waals surface area contributed by atoms with Crippen LogP contribution in [0.15, 0.2) is 0 Å². The van der Waals surface area contributed by atoms with Crippen LogP contribution in [0.5, 0.6) is 0 Å². The van der Waals surface area contributed by atoms with Crippen molar-refractivity contribution in [2.45, 2.75) is 32.7 Å². The van der Waals surface area contributed by atoms with Crippen molar-refractivity contribution in [3.05, 3.63) is 0 Å². The lowest BCUT2D eigenvalue weighted by atomic mass is 10.4. The number of unbranched alkanes of at least 4 members (excludes halogenated alkanes) is 1. The van der Waals surface area contributed by atoms with E-state index in [9.17, 15) is 0 Å². The molecule has 15 heavy (non-hydrogen) atoms. The first-order chi connectivity index (χ1) is 7.16. The van der Waals surface area contributed by atoms with Crippen LogP contribution in [-0.2, 0) is 13.3 Å². The second-order valence-corrected chi connectivity index (χ2v) is 6.90. The van der Waals surface area contributed by atoms with Gasteiger partial charge in [-0.3, -0.25) is 0 Å². The quantitative estimate of drug-likeness (QED) is 0.672. The van der Waals surface area contributed by atoms with E-state index in [1.54, 1.807) is 21.3 Å². The van der Waals surface area contributed by atoms with Crippen LogP contribution < -0.4 is 4.98 Å². The molecule has 0 aliphatic heterocycles. The summed E-state index contributed by atoms with van der Waals surface area (Å²) in [7, 11) is 3.84. The van der Waals surface area contributed by atoms with Gasteiger partial charge in [-0.15, -0.1) is 0 Å². The van der Waals surface area contributed by atoms with Gasteiger partial charge < -0.3 is 18.3 Å². The molecule has 0 aromatic heterocycles. The van der Waals surface area contributed by atoms with Crippen molar-refractivity contribution >= 4 is 19.2 Å². The molecule has 4 nitrogen and oxygen atoms in total. The normalized spacial score (nSPS) is 11.0. The van der Waals surface area contributed by atoms with Gasteiger partial charge in [0.15, 0.2) is 0 Å². The maximum atomic E-state index is 5.23. The minimum Gasteiger partial charge on any atom is -0.377 e. The van der Waals surface area contributed by atoms with Crippen molar-refractivity contribution in [2.24, 2.45) is 0 Å². The van der Waals surface area contributed by atoms with E-state index in [0.717, 1.165) is 35.8 Å². The van der Waals surface area contributed by atoms with Crippen molar-refractivity contribution in [3.8, 4) is 0 Å². The van der Waals surface area contributed by atoms with Crippen molar-refractivity contribution in [3.63, 3.8) is 0 Å². The highest BCUT2D eigenvalue weighted by molar-refractivity contribution is 6.60. The minimum absolute atomic E-state index is 0.910. The summed E-state index contributed by atoms with van der Waals surface area (Å²) in [5.74, 6) is 0. The molecule has 0 saturated carbocycles. The van der Waals surface area contributed by atoms with E-state index in [0.29, 0.717) is 0 Å². The predicted octanol–water partition coefficient (Wildman–Crippen LogP) is 0.541. The SMILES string of the molecule is CCCC[Si](OC)(OC)OC.CCN[SiH3]. The zero-order valence-corrected chi connectivity index (χ0v) is 14.1. The molecule has 0 spiro atoms. The molecular formula is C9H27NO3Si2. The fourth-order valence-corrected chi connectivity index (χ4v) is 2.85. The summed E-state index contributed by atoms with van der Waals surface area (Å²) >= 11 is 0. The summed E-state index contributed by atoms with van der Waals surface area (Å²) in [6.07, 6.45) is 2.24. The van der Waals surface area contributed by atoms with Gasteiger partial charge in [-0.1, -0.05) is 20.3 Å². The number of nitrogens with one attached hydrogen (secondary N) is 1. The van der Waals surface area contributed by atoms with Gasteiger partial charge in [0.25, 0.3) is 0 Å². The lowest BCUT2D eigenvalue weighted by Gasteiger charge is -2.23. The average molecular weight is 253 g/mol. The summed E-state index contributed by atoms with van der Waals surface area (Å²) in [4.78, 5) is 3.07. The lowest BCUT2D eigenvalue weighted by molar-refractivity contribution is 0.123. The third-order valence-corrected chi connectivity index (χ3v) is 5.66. The largest absolute Gasteiger partial charge is 0.500 e. The van der Waals surface area contributed by atoms with Gasteiger partial charge in [0.2, 0.25) is 0 Å². The molecule has 1 N–H and O–H groups in total. The van der Waals surface area contributed by atoms with Crippen molar-refractivity contribution in [1.29, 1.82) is 0 Å². The van der Waals surface area contributed by atoms with Crippen molar-refractivity contribution < 1.29 is 13.3 Å². The fraction of sp³-hybridized carbons (Fsp3) is 1.00. The topological polar surface area (TPSA) is 39.7 Å². The molecule has 0 saturated heterocycles. The van der Waals surface area contributed by atoms with E-state index >= 15 is 0 Å². The van der Waals surface area contributed by atoms with Crippen LogP contribution >= 0.6 is 0 Å². The van der Waals surface area contributed by atoms with E-state index < -0.39 is 8.80 Å². The Balaban J connectivity index is 0. The Morgan fingerprint density at radius 3 is 1.67 bits per heavy atom. The molecule has 0 bridgehead atoms. The van der Waals surface area contributed by atoms with Crippen LogP contribution in [-0.4, -0.2) is 47.1 Å². The van der Waals surface area contributed by atoms with E-state index in [4.69, 9.17) is 13.3 Å². The number of rotatable bonds is 7. The van der Waals surface area contributed by atoms with Gasteiger partial charge in [0, 0.05) is 27.4 Å². The smallest absolute Gasteiger partial charge is 0.377 e. The maximum absolute atomic E-state index is 5.23. The molecule has 0 radical (unpaired) electrons. The summed E-state index contributed by atoms with van der Waals surface area (Å²) in [6.45, 7) is 5.37. The molecule has 0 aliphatic carbocycles. The second-order valence-electron chi connectivity index (χ2n) is 3.11. The Labute approximate surface area is 98.6 Å².